The molecule has 8 heavy (non-hydrogen) atoms. The second-order valence-electron chi connectivity index (χ2n) is 0.928. The van der Waals surface area contributed by atoms with Gasteiger partial charge in [-0.2, -0.15) is 5.26 Å². The van der Waals surface area contributed by atoms with Gasteiger partial charge in [0.25, 0.3) is 0 Å². The second-order valence-corrected chi connectivity index (χ2v) is 0.928. The monoisotopic (exact) mass is 113 g/mol. The van der Waals surface area contributed by atoms with Crippen molar-refractivity contribution in [3.63, 3.8) is 0 Å². The molecule has 5 heteroatoms. The van der Waals surface area contributed by atoms with Crippen LogP contribution >= 0.6 is 0 Å². The van der Waals surface area contributed by atoms with Crippen LogP contribution in [0.5, 0.6) is 0 Å². The Morgan fingerprint density at radius 1 is 1.88 bits per heavy atom. The average Bonchev–Trinajstić information content (AvgIpc) is 1.84. The molecular weight excluding hydrogens is 110 g/mol. The van der Waals surface area contributed by atoms with Crippen molar-refractivity contribution in [1.82, 2.24) is 5.48 Å². The fourth-order valence-electron chi connectivity index (χ4n) is 0.107. The van der Waals surface area contributed by atoms with Gasteiger partial charge in [-0.05, 0) is 0 Å². The highest BCUT2D eigenvalue weighted by Crippen LogP contribution is 1.65. The SMILES string of the molecule is N#CC(=N)C(=O)NO. The van der Waals surface area contributed by atoms with Gasteiger partial charge in [-0.3, -0.25) is 15.4 Å². The van der Waals surface area contributed by atoms with Crippen LogP contribution in [0.1, 0.15) is 0 Å². The van der Waals surface area contributed by atoms with E-state index < -0.39 is 11.6 Å². The third-order valence-corrected chi connectivity index (χ3v) is 0.440. The fraction of sp³-hybridized carbons (Fsp3) is 0. The number of amides is 1. The molecule has 3 N–H and O–H groups in total. The first-order valence-electron chi connectivity index (χ1n) is 1.65. The molecule has 0 aromatic heterocycles. The lowest BCUT2D eigenvalue weighted by Crippen LogP contribution is -2.25. The molecule has 0 aliphatic rings. The van der Waals surface area contributed by atoms with Crippen molar-refractivity contribution in [1.29, 1.82) is 10.7 Å². The van der Waals surface area contributed by atoms with Gasteiger partial charge in [-0.15, -0.1) is 0 Å². The van der Waals surface area contributed by atoms with Gasteiger partial charge < -0.3 is 0 Å². The molecule has 42 valence electrons. The zero-order valence-corrected chi connectivity index (χ0v) is 3.80. The number of rotatable bonds is 1. The second kappa shape index (κ2) is 2.71. The molecule has 0 unspecified atom stereocenters. The molecule has 1 amide bonds. The predicted molar refractivity (Wildman–Crippen MR) is 23.3 cm³/mol. The van der Waals surface area contributed by atoms with Crippen LogP contribution < -0.4 is 5.48 Å². The summed E-state index contributed by atoms with van der Waals surface area (Å²) in [7, 11) is 0. The molecule has 0 bridgehead atoms. The first kappa shape index (κ1) is 6.59. The zero-order valence-electron chi connectivity index (χ0n) is 3.80. The van der Waals surface area contributed by atoms with Gasteiger partial charge >= 0.3 is 5.91 Å². The fourth-order valence-corrected chi connectivity index (χ4v) is 0.107. The first-order valence-corrected chi connectivity index (χ1v) is 1.65. The van der Waals surface area contributed by atoms with E-state index in [2.05, 4.69) is 0 Å². The van der Waals surface area contributed by atoms with Crippen LogP contribution in [-0.2, 0) is 4.79 Å². The summed E-state index contributed by atoms with van der Waals surface area (Å²) in [5.41, 5.74) is 0.317. The maximum atomic E-state index is 9.93. The van der Waals surface area contributed by atoms with Gasteiger partial charge in [-0.25, -0.2) is 5.48 Å². The third kappa shape index (κ3) is 1.36. The Hall–Kier alpha value is -1.41. The molecule has 0 aliphatic carbocycles. The highest BCUT2D eigenvalue weighted by atomic mass is 16.5. The molecule has 0 heterocycles. The highest BCUT2D eigenvalue weighted by molar-refractivity contribution is 6.43. The van der Waals surface area contributed by atoms with Crippen LogP contribution in [0, 0.1) is 16.7 Å². The lowest BCUT2D eigenvalue weighted by molar-refractivity contribution is -0.122. The molecule has 5 nitrogen and oxygen atoms in total. The number of nitriles is 1. The average molecular weight is 113 g/mol. The number of hydrogen-bond acceptors (Lipinski definition) is 4. The van der Waals surface area contributed by atoms with E-state index in [9.17, 15) is 4.79 Å². The first-order chi connectivity index (χ1) is 3.72. The number of hydroxylamine groups is 1. The van der Waals surface area contributed by atoms with Crippen molar-refractivity contribution in [2.24, 2.45) is 0 Å². The summed E-state index contributed by atoms with van der Waals surface area (Å²) < 4.78 is 0. The van der Waals surface area contributed by atoms with Crippen LogP contribution in [-0.4, -0.2) is 16.8 Å². The van der Waals surface area contributed by atoms with Gasteiger partial charge in [0.15, 0.2) is 5.71 Å². The summed E-state index contributed by atoms with van der Waals surface area (Å²) in [6.07, 6.45) is 0. The van der Waals surface area contributed by atoms with Crippen LogP contribution in [0.25, 0.3) is 0 Å². The Morgan fingerprint density at radius 3 is 2.50 bits per heavy atom. The number of hydrogen-bond donors (Lipinski definition) is 3. The maximum Gasteiger partial charge on any atom is 0.303 e. The molecule has 0 radical (unpaired) electrons. The van der Waals surface area contributed by atoms with Crippen molar-refractivity contribution in [2.45, 2.75) is 0 Å². The molecule has 0 aromatic rings. The molecule has 0 rings (SSSR count). The Labute approximate surface area is 45.0 Å². The van der Waals surface area contributed by atoms with E-state index in [0.717, 1.165) is 5.48 Å². The molecule has 0 aromatic carbocycles. The number of carbonyl (C=O) groups excluding carboxylic acids is 1. The largest absolute Gasteiger partial charge is 0.303 e. The summed E-state index contributed by atoms with van der Waals surface area (Å²) >= 11 is 0. The predicted octanol–water partition coefficient (Wildman–Crippen LogP) is -0.965. The molecule has 0 fully saturated rings. The van der Waals surface area contributed by atoms with E-state index >= 15 is 0 Å². The molecule has 0 spiro atoms. The minimum atomic E-state index is -1.09. The highest BCUT2D eigenvalue weighted by Gasteiger charge is 2.03. The van der Waals surface area contributed by atoms with Crippen molar-refractivity contribution >= 4 is 11.6 Å². The Balaban J connectivity index is 3.89. The van der Waals surface area contributed by atoms with E-state index in [1.165, 1.54) is 6.07 Å². The maximum absolute atomic E-state index is 9.93. The topological polar surface area (TPSA) is 97.0 Å². The van der Waals surface area contributed by atoms with E-state index in [1.54, 1.807) is 0 Å². The Morgan fingerprint density at radius 2 is 2.38 bits per heavy atom. The van der Waals surface area contributed by atoms with E-state index in [-0.39, 0.29) is 0 Å². The smallest absolute Gasteiger partial charge is 0.288 e. The van der Waals surface area contributed by atoms with Crippen molar-refractivity contribution in [2.75, 3.05) is 0 Å². The van der Waals surface area contributed by atoms with Crippen molar-refractivity contribution < 1.29 is 10.0 Å². The molecular formula is C3H3N3O2. The van der Waals surface area contributed by atoms with Gasteiger partial charge in [-0.1, -0.05) is 0 Å². The summed E-state index contributed by atoms with van der Waals surface area (Å²) in [6.45, 7) is 0. The van der Waals surface area contributed by atoms with Crippen LogP contribution in [0.2, 0.25) is 0 Å². The molecule has 0 saturated carbocycles. The molecule has 0 atom stereocenters. The van der Waals surface area contributed by atoms with E-state index in [1.807, 2.05) is 0 Å². The summed E-state index contributed by atoms with van der Waals surface area (Å²) in [5, 5.41) is 21.9. The van der Waals surface area contributed by atoms with Crippen molar-refractivity contribution in [3.8, 4) is 6.07 Å². The zero-order chi connectivity index (χ0) is 6.57. The Kier molecular flexibility index (Phi) is 2.23. The van der Waals surface area contributed by atoms with E-state index in [0.29, 0.717) is 0 Å². The summed E-state index contributed by atoms with van der Waals surface area (Å²) in [6, 6.07) is 1.23. The number of carbonyl (C=O) groups is 1. The van der Waals surface area contributed by atoms with Gasteiger partial charge in [0.2, 0.25) is 0 Å². The lowest BCUT2D eigenvalue weighted by Gasteiger charge is -1.86. The van der Waals surface area contributed by atoms with Crippen LogP contribution in [0.3, 0.4) is 0 Å². The van der Waals surface area contributed by atoms with Crippen LogP contribution in [0.4, 0.5) is 0 Å². The van der Waals surface area contributed by atoms with Gasteiger partial charge in [0.05, 0.1) is 0 Å². The number of nitrogens with zero attached hydrogens (tertiary/aromatic N) is 1. The standard InChI is InChI=1S/C3H3N3O2/c4-1-2(5)3(7)6-8/h5,8H,(H,6,7). The number of nitrogens with one attached hydrogen (secondary N) is 2. The molecule has 0 saturated heterocycles. The normalized spacial score (nSPS) is 7.00. The van der Waals surface area contributed by atoms with Crippen molar-refractivity contribution in [3.05, 3.63) is 0 Å². The lowest BCUT2D eigenvalue weighted by atomic mass is 10.4. The van der Waals surface area contributed by atoms with Crippen LogP contribution in [0.15, 0.2) is 0 Å². The van der Waals surface area contributed by atoms with Gasteiger partial charge in [0.1, 0.15) is 6.07 Å². The minimum absolute atomic E-state index is 0.812. The quantitative estimate of drug-likeness (QED) is 0.232. The van der Waals surface area contributed by atoms with Gasteiger partial charge in [0, 0.05) is 0 Å². The molecule has 0 aliphatic heterocycles. The third-order valence-electron chi connectivity index (χ3n) is 0.440. The minimum Gasteiger partial charge on any atom is -0.288 e. The summed E-state index contributed by atoms with van der Waals surface area (Å²) in [4.78, 5) is 9.93. The Bertz CT molecular complexity index is 156. The van der Waals surface area contributed by atoms with E-state index in [4.69, 9.17) is 15.9 Å². The summed E-state index contributed by atoms with van der Waals surface area (Å²) in [5.74, 6) is -1.09.